The average molecular weight is 539 g/mol. The van der Waals surface area contributed by atoms with Gasteiger partial charge in [-0.3, -0.25) is 4.79 Å². The molecule has 0 heterocycles. The van der Waals surface area contributed by atoms with Gasteiger partial charge in [0.1, 0.15) is 28.2 Å². The summed E-state index contributed by atoms with van der Waals surface area (Å²) >= 11 is 12.2. The van der Waals surface area contributed by atoms with Crippen LogP contribution in [0.4, 0.5) is 5.69 Å². The first kappa shape index (κ1) is 26.6. The summed E-state index contributed by atoms with van der Waals surface area (Å²) in [4.78, 5) is 13.2. The molecule has 186 valence electrons. The number of halogens is 2. The molecule has 0 aliphatic rings. The Morgan fingerprint density at radius 2 is 1.54 bits per heavy atom. The Morgan fingerprint density at radius 1 is 0.886 bits per heavy atom. The van der Waals surface area contributed by atoms with Gasteiger partial charge in [0.05, 0.1) is 32.0 Å². The van der Waals surface area contributed by atoms with Crippen LogP contribution in [0.3, 0.4) is 0 Å². The third-order valence-electron chi connectivity index (χ3n) is 5.04. The molecule has 0 aromatic heterocycles. The Balaban J connectivity index is 1.98. The van der Waals surface area contributed by atoms with Crippen molar-refractivity contribution in [1.29, 1.82) is 0 Å². The molecule has 0 saturated carbocycles. The van der Waals surface area contributed by atoms with E-state index in [1.54, 1.807) is 24.3 Å². The molecule has 0 aliphatic carbocycles. The highest BCUT2D eigenvalue weighted by Gasteiger charge is 2.29. The Morgan fingerprint density at radius 3 is 2.17 bits per heavy atom. The minimum atomic E-state index is -4.21. The van der Waals surface area contributed by atoms with Crippen LogP contribution in [0.1, 0.15) is 5.56 Å². The van der Waals surface area contributed by atoms with Crippen molar-refractivity contribution in [2.24, 2.45) is 0 Å². The van der Waals surface area contributed by atoms with E-state index in [0.29, 0.717) is 5.75 Å². The third kappa shape index (κ3) is 6.58. The molecule has 8 nitrogen and oxygen atoms in total. The number of carbonyl (C=O) groups excluding carboxylic acids is 1. The van der Waals surface area contributed by atoms with Crippen molar-refractivity contribution in [2.75, 3.05) is 26.6 Å². The summed E-state index contributed by atoms with van der Waals surface area (Å²) < 4.78 is 44.8. The SMILES string of the molecule is COc1cc(NC(=O)[C@@H](Cc2ccccc2)NS(=O)(=O)c2cc(Cl)ccc2OC)c(OC)cc1Cl. The van der Waals surface area contributed by atoms with Crippen molar-refractivity contribution in [3.8, 4) is 17.2 Å². The number of methoxy groups -OCH3 is 3. The number of rotatable bonds is 10. The zero-order chi connectivity index (χ0) is 25.6. The van der Waals surface area contributed by atoms with Gasteiger partial charge in [0.25, 0.3) is 0 Å². The predicted octanol–water partition coefficient (Wildman–Crippen LogP) is 4.55. The fraction of sp³-hybridized carbons (Fsp3) is 0.208. The van der Waals surface area contributed by atoms with Gasteiger partial charge < -0.3 is 19.5 Å². The number of ether oxygens (including phenoxy) is 3. The van der Waals surface area contributed by atoms with Crippen LogP contribution in [0.5, 0.6) is 17.2 Å². The van der Waals surface area contributed by atoms with Crippen LogP contribution < -0.4 is 24.2 Å². The van der Waals surface area contributed by atoms with Gasteiger partial charge in [0.15, 0.2) is 0 Å². The lowest BCUT2D eigenvalue weighted by Crippen LogP contribution is -2.45. The van der Waals surface area contributed by atoms with E-state index in [1.165, 1.54) is 51.7 Å². The Kier molecular flexibility index (Phi) is 8.85. The first-order valence-corrected chi connectivity index (χ1v) is 12.5. The van der Waals surface area contributed by atoms with Gasteiger partial charge in [-0.2, -0.15) is 4.72 Å². The van der Waals surface area contributed by atoms with E-state index in [-0.39, 0.29) is 38.5 Å². The molecule has 0 bridgehead atoms. The van der Waals surface area contributed by atoms with Crippen LogP contribution in [-0.4, -0.2) is 41.7 Å². The fourth-order valence-corrected chi connectivity index (χ4v) is 5.18. The molecule has 1 amide bonds. The summed E-state index contributed by atoms with van der Waals surface area (Å²) in [5, 5.41) is 3.20. The highest BCUT2D eigenvalue weighted by atomic mass is 35.5. The lowest BCUT2D eigenvalue weighted by Gasteiger charge is -2.21. The summed E-state index contributed by atoms with van der Waals surface area (Å²) in [7, 11) is -0.0163. The average Bonchev–Trinajstić information content (AvgIpc) is 2.84. The zero-order valence-corrected chi connectivity index (χ0v) is 21.5. The second-order valence-electron chi connectivity index (χ2n) is 7.34. The maximum Gasteiger partial charge on any atom is 0.245 e. The summed E-state index contributed by atoms with van der Waals surface area (Å²) in [6.07, 6.45) is 0.0713. The molecule has 3 aromatic rings. The molecule has 3 rings (SSSR count). The number of benzene rings is 3. The van der Waals surface area contributed by atoms with Crippen molar-refractivity contribution >= 4 is 44.8 Å². The van der Waals surface area contributed by atoms with Crippen LogP contribution in [-0.2, 0) is 21.2 Å². The van der Waals surface area contributed by atoms with Crippen LogP contribution in [0, 0.1) is 0 Å². The molecule has 0 saturated heterocycles. The largest absolute Gasteiger partial charge is 0.495 e. The van der Waals surface area contributed by atoms with Crippen LogP contribution >= 0.6 is 23.2 Å². The van der Waals surface area contributed by atoms with Crippen molar-refractivity contribution in [1.82, 2.24) is 4.72 Å². The molecule has 0 fully saturated rings. The Labute approximate surface area is 214 Å². The molecular formula is C24H24Cl2N2O6S. The number of amides is 1. The highest BCUT2D eigenvalue weighted by molar-refractivity contribution is 7.89. The van der Waals surface area contributed by atoms with E-state index in [1.807, 2.05) is 6.07 Å². The standard InChI is InChI=1S/C24H24Cl2N2O6S/c1-32-20-10-9-16(25)12-23(20)35(30,31)28-19(11-15-7-5-4-6-8-15)24(29)27-18-14-21(33-2)17(26)13-22(18)34-3/h4-10,12-14,19,28H,11H2,1-3H3,(H,27,29)/t19-/m1/s1. The molecule has 1 atom stereocenters. The van der Waals surface area contributed by atoms with Crippen molar-refractivity contribution in [2.45, 2.75) is 17.4 Å². The predicted molar refractivity (Wildman–Crippen MR) is 135 cm³/mol. The van der Waals surface area contributed by atoms with Crippen LogP contribution in [0.2, 0.25) is 10.0 Å². The zero-order valence-electron chi connectivity index (χ0n) is 19.2. The Bertz CT molecular complexity index is 1300. The van der Waals surface area contributed by atoms with E-state index >= 15 is 0 Å². The maximum atomic E-state index is 13.4. The Hall–Kier alpha value is -2.98. The fourth-order valence-electron chi connectivity index (χ4n) is 3.33. The second-order valence-corrected chi connectivity index (χ2v) is 9.86. The second kappa shape index (κ2) is 11.6. The van der Waals surface area contributed by atoms with Gasteiger partial charge >= 0.3 is 0 Å². The van der Waals surface area contributed by atoms with E-state index in [0.717, 1.165) is 5.56 Å². The lowest BCUT2D eigenvalue weighted by atomic mass is 10.1. The number of hydrogen-bond acceptors (Lipinski definition) is 6. The number of nitrogens with one attached hydrogen (secondary N) is 2. The highest BCUT2D eigenvalue weighted by Crippen LogP contribution is 2.36. The molecule has 0 aliphatic heterocycles. The molecular weight excluding hydrogens is 515 g/mol. The number of anilines is 1. The third-order valence-corrected chi connectivity index (χ3v) is 7.07. The first-order chi connectivity index (χ1) is 16.7. The normalized spacial score (nSPS) is 12.0. The van der Waals surface area contributed by atoms with Crippen LogP contribution in [0.15, 0.2) is 65.6 Å². The molecule has 0 spiro atoms. The lowest BCUT2D eigenvalue weighted by molar-refractivity contribution is -0.117. The van der Waals surface area contributed by atoms with E-state index in [4.69, 9.17) is 37.4 Å². The number of hydrogen-bond donors (Lipinski definition) is 2. The molecule has 0 radical (unpaired) electrons. The topological polar surface area (TPSA) is 103 Å². The number of sulfonamides is 1. The van der Waals surface area contributed by atoms with Crippen molar-refractivity contribution in [3.63, 3.8) is 0 Å². The van der Waals surface area contributed by atoms with Gasteiger partial charge in [-0.25, -0.2) is 8.42 Å². The van der Waals surface area contributed by atoms with Gasteiger partial charge in [-0.15, -0.1) is 0 Å². The first-order valence-electron chi connectivity index (χ1n) is 10.3. The summed E-state index contributed by atoms with van der Waals surface area (Å²) in [5.74, 6) is 0.0552. The summed E-state index contributed by atoms with van der Waals surface area (Å²) in [6, 6.07) is 15.0. The summed E-state index contributed by atoms with van der Waals surface area (Å²) in [5.41, 5.74) is 1.01. The smallest absolute Gasteiger partial charge is 0.245 e. The quantitative estimate of drug-likeness (QED) is 0.392. The van der Waals surface area contributed by atoms with E-state index in [9.17, 15) is 13.2 Å². The van der Waals surface area contributed by atoms with E-state index < -0.39 is 22.0 Å². The molecule has 35 heavy (non-hydrogen) atoms. The summed E-state index contributed by atoms with van der Waals surface area (Å²) in [6.45, 7) is 0. The minimum Gasteiger partial charge on any atom is -0.495 e. The maximum absolute atomic E-state index is 13.4. The van der Waals surface area contributed by atoms with Gasteiger partial charge in [-0.1, -0.05) is 53.5 Å². The van der Waals surface area contributed by atoms with E-state index in [2.05, 4.69) is 10.0 Å². The monoisotopic (exact) mass is 538 g/mol. The van der Waals surface area contributed by atoms with Gasteiger partial charge in [0, 0.05) is 17.2 Å². The molecule has 0 unspecified atom stereocenters. The molecule has 2 N–H and O–H groups in total. The molecule has 3 aromatic carbocycles. The number of carbonyl (C=O) groups is 1. The van der Waals surface area contributed by atoms with Gasteiger partial charge in [-0.05, 0) is 30.2 Å². The van der Waals surface area contributed by atoms with Crippen molar-refractivity contribution in [3.05, 3.63) is 76.3 Å². The van der Waals surface area contributed by atoms with Crippen LogP contribution in [0.25, 0.3) is 0 Å². The minimum absolute atomic E-state index is 0.0713. The van der Waals surface area contributed by atoms with Gasteiger partial charge in [0.2, 0.25) is 15.9 Å². The molecule has 11 heteroatoms. The van der Waals surface area contributed by atoms with Crippen molar-refractivity contribution < 1.29 is 27.4 Å².